The summed E-state index contributed by atoms with van der Waals surface area (Å²) >= 11 is -3.76. The van der Waals surface area contributed by atoms with Gasteiger partial charge in [-0.2, -0.15) is 0 Å². The number of halogens is 1. The molecule has 0 aromatic carbocycles. The molecule has 0 amide bonds. The number of hydrogen-bond donors (Lipinski definition) is 1. The molecule has 0 aliphatic heterocycles. The van der Waals surface area contributed by atoms with E-state index in [4.69, 9.17) is 10.3 Å². The van der Waals surface area contributed by atoms with Crippen molar-refractivity contribution < 1.29 is 80.7 Å². The van der Waals surface area contributed by atoms with E-state index >= 15 is 0 Å². The van der Waals surface area contributed by atoms with Crippen molar-refractivity contribution in [3.8, 4) is 0 Å². The normalized spacial score (nSPS) is 7.20. The van der Waals surface area contributed by atoms with Gasteiger partial charge < -0.3 is 6.87 Å². The first-order chi connectivity index (χ1) is 1.73. The predicted molar refractivity (Wildman–Crippen MR) is 2.22 cm³/mol. The van der Waals surface area contributed by atoms with E-state index in [9.17, 15) is 0 Å². The molecule has 0 aromatic rings. The van der Waals surface area contributed by atoms with Crippen LogP contribution in [0.1, 0.15) is 0 Å². The Hall–Kier alpha value is 2.19. The van der Waals surface area contributed by atoms with Crippen LogP contribution in [-0.2, 0) is 0 Å². The Labute approximate surface area is 79.0 Å². The van der Waals surface area contributed by atoms with Crippen molar-refractivity contribution in [2.24, 2.45) is 0 Å². The molecule has 33 valence electrons. The van der Waals surface area contributed by atoms with Gasteiger partial charge in [-0.25, -0.2) is 0 Å². The molecule has 0 bridgehead atoms. The maximum Gasteiger partial charge on any atom is 0.503 e. The first-order valence-electron chi connectivity index (χ1n) is 0.478. The van der Waals surface area contributed by atoms with Crippen molar-refractivity contribution in [2.45, 2.75) is 0 Å². The molecule has 0 atom stereocenters. The van der Waals surface area contributed by atoms with E-state index in [2.05, 4.69) is 0 Å². The standard InChI is InChI=1S/Eu.HIO3/c;2-1(3)4/h;2H. The molecule has 1 N–H and O–H groups in total. The zero-order chi connectivity index (χ0) is 3.58. The number of hydrogen-bond acceptors (Lipinski definition) is 3. The maximum absolute atomic E-state index is 8.68. The Bertz CT molecular complexity index is 11.6. The minimum absolute atomic E-state index is 0. The molecule has 3 nitrogen and oxygen atoms in total. The van der Waals surface area contributed by atoms with Gasteiger partial charge in [0.25, 0.3) is 0 Å². The van der Waals surface area contributed by atoms with E-state index in [1.165, 1.54) is 0 Å². The van der Waals surface area contributed by atoms with Gasteiger partial charge in [-0.1, -0.05) is 0 Å². The fourth-order valence-corrected chi connectivity index (χ4v) is 0. The van der Waals surface area contributed by atoms with Crippen LogP contribution in [0.5, 0.6) is 0 Å². The smallest absolute Gasteiger partial charge is 0.396 e. The van der Waals surface area contributed by atoms with Gasteiger partial charge in [-0.05, 0) is 3.44 Å². The van der Waals surface area contributed by atoms with Crippen molar-refractivity contribution in [3.05, 3.63) is 0 Å². The van der Waals surface area contributed by atoms with E-state index in [1.54, 1.807) is 0 Å². The van der Waals surface area contributed by atoms with Crippen LogP contribution in [0.15, 0.2) is 0 Å². The van der Waals surface area contributed by atoms with Gasteiger partial charge in [-0.3, -0.25) is 0 Å². The molecule has 0 unspecified atom stereocenters. The first kappa shape index (κ1) is 10.2. The Kier molecular flexibility index (Phi) is 12.7. The molecule has 0 fully saturated rings. The number of rotatable bonds is 0. The molecular weight excluding hydrogens is 327 g/mol. The van der Waals surface area contributed by atoms with Gasteiger partial charge in [0.15, 0.2) is 0 Å². The van der Waals surface area contributed by atoms with Crippen molar-refractivity contribution in [1.82, 2.24) is 0 Å². The van der Waals surface area contributed by atoms with Gasteiger partial charge in [-0.15, -0.1) is 0 Å². The summed E-state index contributed by atoms with van der Waals surface area (Å²) in [5, 5.41) is 0. The minimum Gasteiger partial charge on any atom is -0.396 e. The molecule has 5 heavy (non-hydrogen) atoms. The molecule has 0 spiro atoms. The quantitative estimate of drug-likeness (QED) is 0.451. The summed E-state index contributed by atoms with van der Waals surface area (Å²) in [6.07, 6.45) is 0. The van der Waals surface area contributed by atoms with Crippen molar-refractivity contribution in [3.63, 3.8) is 0 Å². The van der Waals surface area contributed by atoms with Gasteiger partial charge in [0.2, 0.25) is 0 Å². The van der Waals surface area contributed by atoms with Crippen LogP contribution >= 0.6 is 0 Å². The molecule has 5 heteroatoms. The van der Waals surface area contributed by atoms with Crippen LogP contribution in [0.4, 0.5) is 0 Å². The Morgan fingerprint density at radius 3 is 1.40 bits per heavy atom. The van der Waals surface area contributed by atoms with Crippen molar-refractivity contribution in [2.75, 3.05) is 0 Å². The van der Waals surface area contributed by atoms with Gasteiger partial charge >= 0.3 is 21.1 Å². The second kappa shape index (κ2) is 6.19. The van der Waals surface area contributed by atoms with E-state index in [-0.39, 0.29) is 49.4 Å². The topological polar surface area (TPSA) is 66.3 Å². The summed E-state index contributed by atoms with van der Waals surface area (Å²) in [6, 6.07) is 0. The minimum atomic E-state index is -3.76. The summed E-state index contributed by atoms with van der Waals surface area (Å²) < 4.78 is 24.5. The van der Waals surface area contributed by atoms with Crippen LogP contribution in [0.3, 0.4) is 0 Å². The molecule has 0 saturated carbocycles. The fourth-order valence-electron chi connectivity index (χ4n) is 0. The Morgan fingerprint density at radius 1 is 1.40 bits per heavy atom. The molecule has 0 heterocycles. The molecular formula is HEuIO3. The zero-order valence-electron chi connectivity index (χ0n) is 2.02. The monoisotopic (exact) mass is 329 g/mol. The molecule has 1 radical (unpaired) electrons. The van der Waals surface area contributed by atoms with Crippen LogP contribution in [0.2, 0.25) is 0 Å². The van der Waals surface area contributed by atoms with Gasteiger partial charge in [0.05, 0.1) is 0 Å². The second-order valence-corrected chi connectivity index (χ2v) is 1.35. The van der Waals surface area contributed by atoms with Gasteiger partial charge in [0, 0.05) is 49.4 Å². The Morgan fingerprint density at radius 2 is 1.40 bits per heavy atom. The summed E-state index contributed by atoms with van der Waals surface area (Å²) in [5.41, 5.74) is 0. The molecule has 0 rings (SSSR count). The summed E-state index contributed by atoms with van der Waals surface area (Å²) in [4.78, 5) is 0. The average molecular weight is 328 g/mol. The SMILES string of the molecule is [Eu].[O-][I+2]([O-])O. The van der Waals surface area contributed by atoms with Gasteiger partial charge in [0.1, 0.15) is 0 Å². The zero-order valence-corrected chi connectivity index (χ0v) is 6.60. The molecule has 0 aromatic heterocycles. The van der Waals surface area contributed by atoms with E-state index in [1.807, 2.05) is 0 Å². The van der Waals surface area contributed by atoms with Crippen LogP contribution < -0.4 is 27.9 Å². The fraction of sp³-hybridized carbons (Fsp3) is 0. The molecule has 0 aliphatic carbocycles. The van der Waals surface area contributed by atoms with Crippen LogP contribution in [0.25, 0.3) is 0 Å². The second-order valence-electron chi connectivity index (χ2n) is 0.201. The van der Waals surface area contributed by atoms with Crippen molar-refractivity contribution in [1.29, 1.82) is 0 Å². The van der Waals surface area contributed by atoms with Crippen LogP contribution in [-0.4, -0.2) is 3.44 Å². The largest absolute Gasteiger partial charge is 0.503 e. The Balaban J connectivity index is 0. The summed E-state index contributed by atoms with van der Waals surface area (Å²) in [5.74, 6) is 0. The maximum atomic E-state index is 8.68. The third-order valence-corrected chi connectivity index (χ3v) is 0. The third kappa shape index (κ3) is 22.6. The van der Waals surface area contributed by atoms with Crippen molar-refractivity contribution >= 4 is 0 Å². The summed E-state index contributed by atoms with van der Waals surface area (Å²) in [6.45, 7) is 0. The average Bonchev–Trinajstić information content (AvgIpc) is 0.811. The van der Waals surface area contributed by atoms with E-state index < -0.39 is 21.1 Å². The van der Waals surface area contributed by atoms with Crippen LogP contribution in [0, 0.1) is 49.4 Å². The summed E-state index contributed by atoms with van der Waals surface area (Å²) in [7, 11) is 0. The van der Waals surface area contributed by atoms with E-state index in [0.717, 1.165) is 0 Å². The van der Waals surface area contributed by atoms with E-state index in [0.29, 0.717) is 0 Å². The predicted octanol–water partition coefficient (Wildman–Crippen LogP) is -5.93. The third-order valence-electron chi connectivity index (χ3n) is 0. The molecule has 0 saturated heterocycles. The molecule has 0 aliphatic rings. The first-order valence-corrected chi connectivity index (χ1v) is 3.20.